The first-order valence-electron chi connectivity index (χ1n) is 4.30. The molecule has 0 aliphatic rings. The van der Waals surface area contributed by atoms with Crippen molar-refractivity contribution in [3.8, 4) is 12.1 Å². The lowest BCUT2D eigenvalue weighted by Crippen LogP contribution is -2.08. The van der Waals surface area contributed by atoms with Crippen LogP contribution >= 0.6 is 0 Å². The lowest BCUT2D eigenvalue weighted by Gasteiger charge is -1.98. The van der Waals surface area contributed by atoms with Gasteiger partial charge in [-0.2, -0.15) is 20.4 Å². The normalized spacial score (nSPS) is 12.2. The summed E-state index contributed by atoms with van der Waals surface area (Å²) in [5.74, 6) is -0.114. The van der Waals surface area contributed by atoms with E-state index >= 15 is 0 Å². The zero-order valence-corrected chi connectivity index (χ0v) is 8.90. The number of aromatic nitrogens is 4. The van der Waals surface area contributed by atoms with Gasteiger partial charge in [-0.05, 0) is 0 Å². The third-order valence-electron chi connectivity index (χ3n) is 1.73. The highest BCUT2D eigenvalue weighted by atomic mass is 32.2. The van der Waals surface area contributed by atoms with Crippen molar-refractivity contribution in [2.75, 3.05) is 11.7 Å². The van der Waals surface area contributed by atoms with E-state index in [-0.39, 0.29) is 17.7 Å². The molecule has 0 aromatic carbocycles. The summed E-state index contributed by atoms with van der Waals surface area (Å²) in [5, 5.41) is 15.6. The zero-order valence-electron chi connectivity index (χ0n) is 8.08. The average molecular weight is 237 g/mol. The fourth-order valence-electron chi connectivity index (χ4n) is 1.06. The van der Waals surface area contributed by atoms with E-state index in [2.05, 4.69) is 20.2 Å². The number of rotatable bonds is 4. The predicted molar refractivity (Wildman–Crippen MR) is 55.8 cm³/mol. The van der Waals surface area contributed by atoms with Gasteiger partial charge in [0, 0.05) is 0 Å². The SMILES string of the molecule is N#CCS(=O)COc1nc2cnncc2[nH]1. The molecule has 1 atom stereocenters. The fourth-order valence-corrected chi connectivity index (χ4v) is 1.53. The molecule has 0 saturated carbocycles. The van der Waals surface area contributed by atoms with Crippen molar-refractivity contribution in [1.82, 2.24) is 20.2 Å². The largest absolute Gasteiger partial charge is 0.451 e. The molecule has 8 heteroatoms. The Morgan fingerprint density at radius 3 is 3.06 bits per heavy atom. The molecule has 1 N–H and O–H groups in total. The first kappa shape index (κ1) is 10.5. The first-order chi connectivity index (χ1) is 7.79. The standard InChI is InChI=1S/C8H7N5O2S/c9-1-2-16(14)5-15-8-12-6-3-10-11-4-7(6)13-8/h3-4H,2,5H2,(H,12,13). The van der Waals surface area contributed by atoms with E-state index in [9.17, 15) is 4.21 Å². The van der Waals surface area contributed by atoms with Crippen LogP contribution in [0.3, 0.4) is 0 Å². The second kappa shape index (κ2) is 4.67. The number of hydrogen-bond donors (Lipinski definition) is 1. The van der Waals surface area contributed by atoms with E-state index < -0.39 is 10.8 Å². The molecule has 16 heavy (non-hydrogen) atoms. The van der Waals surface area contributed by atoms with E-state index in [0.717, 1.165) is 0 Å². The van der Waals surface area contributed by atoms with Crippen LogP contribution in [0.25, 0.3) is 11.0 Å². The lowest BCUT2D eigenvalue weighted by molar-refractivity contribution is 0.360. The molecule has 2 aromatic rings. The van der Waals surface area contributed by atoms with Crippen LogP contribution in [0.15, 0.2) is 12.4 Å². The Balaban J connectivity index is 2.05. The van der Waals surface area contributed by atoms with Crippen molar-refractivity contribution < 1.29 is 8.95 Å². The number of aromatic amines is 1. The van der Waals surface area contributed by atoms with Crippen molar-refractivity contribution in [3.05, 3.63) is 12.4 Å². The molecule has 0 aliphatic carbocycles. The van der Waals surface area contributed by atoms with Crippen molar-refractivity contribution in [3.63, 3.8) is 0 Å². The minimum Gasteiger partial charge on any atom is -0.451 e. The topological polar surface area (TPSA) is 105 Å². The third kappa shape index (κ3) is 2.32. The highest BCUT2D eigenvalue weighted by molar-refractivity contribution is 7.85. The number of nitrogens with one attached hydrogen (secondary N) is 1. The lowest BCUT2D eigenvalue weighted by atomic mass is 10.5. The number of imidazole rings is 1. The number of nitriles is 1. The van der Waals surface area contributed by atoms with Gasteiger partial charge in [0.25, 0.3) is 6.01 Å². The Morgan fingerprint density at radius 1 is 1.50 bits per heavy atom. The Morgan fingerprint density at radius 2 is 2.31 bits per heavy atom. The van der Waals surface area contributed by atoms with Crippen LogP contribution in [0, 0.1) is 11.3 Å². The van der Waals surface area contributed by atoms with E-state index in [1.54, 1.807) is 6.07 Å². The summed E-state index contributed by atoms with van der Waals surface area (Å²) < 4.78 is 16.3. The van der Waals surface area contributed by atoms with Gasteiger partial charge in [0.05, 0.1) is 34.8 Å². The second-order valence-corrected chi connectivity index (χ2v) is 4.24. The number of nitrogens with zero attached hydrogens (tertiary/aromatic N) is 4. The summed E-state index contributed by atoms with van der Waals surface area (Å²) in [6.45, 7) is 0. The van der Waals surface area contributed by atoms with E-state index in [1.807, 2.05) is 0 Å². The first-order valence-corrected chi connectivity index (χ1v) is 5.79. The van der Waals surface area contributed by atoms with Crippen LogP contribution in [0.5, 0.6) is 6.01 Å². The van der Waals surface area contributed by atoms with Crippen LogP contribution < -0.4 is 4.74 Å². The summed E-state index contributed by atoms with van der Waals surface area (Å²) in [4.78, 5) is 6.89. The molecular formula is C8H7N5O2S. The van der Waals surface area contributed by atoms with Crippen molar-refractivity contribution in [2.45, 2.75) is 0 Å². The minimum absolute atomic E-state index is 0.0522. The van der Waals surface area contributed by atoms with E-state index in [4.69, 9.17) is 10.00 Å². The Bertz CT molecular complexity index is 528. The summed E-state index contributed by atoms with van der Waals surface area (Å²) in [7, 11) is -1.32. The van der Waals surface area contributed by atoms with Crippen molar-refractivity contribution in [1.29, 1.82) is 5.26 Å². The zero-order chi connectivity index (χ0) is 11.4. The van der Waals surface area contributed by atoms with Gasteiger partial charge in [0.1, 0.15) is 11.3 Å². The summed E-state index contributed by atoms with van der Waals surface area (Å²) in [6.07, 6.45) is 3.01. The maximum Gasteiger partial charge on any atom is 0.295 e. The van der Waals surface area contributed by atoms with E-state index in [1.165, 1.54) is 12.4 Å². The van der Waals surface area contributed by atoms with Crippen LogP contribution in [0.1, 0.15) is 0 Å². The molecule has 2 aromatic heterocycles. The summed E-state index contributed by atoms with van der Waals surface area (Å²) in [5.41, 5.74) is 1.31. The smallest absolute Gasteiger partial charge is 0.295 e. The molecule has 0 bridgehead atoms. The van der Waals surface area contributed by atoms with Gasteiger partial charge >= 0.3 is 0 Å². The molecule has 0 saturated heterocycles. The number of fused-ring (bicyclic) bond motifs is 1. The highest BCUT2D eigenvalue weighted by Crippen LogP contribution is 2.12. The van der Waals surface area contributed by atoms with Gasteiger partial charge in [-0.1, -0.05) is 0 Å². The molecule has 0 spiro atoms. The molecule has 0 amide bonds. The molecule has 0 fully saturated rings. The van der Waals surface area contributed by atoms with Crippen LogP contribution in [0.2, 0.25) is 0 Å². The maximum absolute atomic E-state index is 11.1. The van der Waals surface area contributed by atoms with Gasteiger partial charge in [-0.25, -0.2) is 0 Å². The predicted octanol–water partition coefficient (Wildman–Crippen LogP) is -0.0385. The van der Waals surface area contributed by atoms with Crippen LogP contribution in [0.4, 0.5) is 0 Å². The molecule has 7 nitrogen and oxygen atoms in total. The maximum atomic E-state index is 11.1. The molecule has 0 radical (unpaired) electrons. The van der Waals surface area contributed by atoms with E-state index in [0.29, 0.717) is 11.0 Å². The van der Waals surface area contributed by atoms with Gasteiger partial charge in [-0.3, -0.25) is 4.21 Å². The van der Waals surface area contributed by atoms with Gasteiger partial charge < -0.3 is 9.72 Å². The summed E-state index contributed by atoms with van der Waals surface area (Å²) in [6, 6.07) is 2.05. The van der Waals surface area contributed by atoms with Gasteiger partial charge in [-0.15, -0.1) is 0 Å². The number of H-pyrrole nitrogens is 1. The average Bonchev–Trinajstić information content (AvgIpc) is 2.69. The monoisotopic (exact) mass is 237 g/mol. The Hall–Kier alpha value is -2.01. The highest BCUT2D eigenvalue weighted by Gasteiger charge is 2.05. The molecular weight excluding hydrogens is 230 g/mol. The second-order valence-electron chi connectivity index (χ2n) is 2.83. The quantitative estimate of drug-likeness (QED) is 0.800. The Labute approximate surface area is 92.9 Å². The molecule has 1 unspecified atom stereocenters. The van der Waals surface area contributed by atoms with Crippen LogP contribution in [-0.2, 0) is 10.8 Å². The molecule has 82 valence electrons. The molecule has 2 rings (SSSR count). The van der Waals surface area contributed by atoms with Crippen molar-refractivity contribution >= 4 is 21.8 Å². The van der Waals surface area contributed by atoms with Crippen molar-refractivity contribution in [2.24, 2.45) is 0 Å². The minimum atomic E-state index is -1.32. The van der Waals surface area contributed by atoms with Gasteiger partial charge in [0.15, 0.2) is 5.94 Å². The van der Waals surface area contributed by atoms with Crippen LogP contribution in [-0.4, -0.2) is 36.1 Å². The summed E-state index contributed by atoms with van der Waals surface area (Å²) >= 11 is 0. The molecule has 0 aliphatic heterocycles. The number of hydrogen-bond acceptors (Lipinski definition) is 6. The number of ether oxygens (including phenoxy) is 1. The Kier molecular flexibility index (Phi) is 3.07. The molecule has 2 heterocycles. The van der Waals surface area contributed by atoms with Gasteiger partial charge in [0.2, 0.25) is 0 Å². The fraction of sp³-hybridized carbons (Fsp3) is 0.250. The third-order valence-corrected chi connectivity index (χ3v) is 2.56.